The molecule has 0 aliphatic carbocycles. The summed E-state index contributed by atoms with van der Waals surface area (Å²) >= 11 is 1.29. The summed E-state index contributed by atoms with van der Waals surface area (Å²) in [5.41, 5.74) is 8.13. The average molecular weight is 521 g/mol. The summed E-state index contributed by atoms with van der Waals surface area (Å²) in [5, 5.41) is 30.1. The normalized spacial score (nSPS) is 14.1. The number of aliphatic carboxylic acids is 2. The second-order valence-electron chi connectivity index (χ2n) is 8.64. The van der Waals surface area contributed by atoms with Crippen LogP contribution in [0.5, 0.6) is 0 Å². The Morgan fingerprint density at radius 3 is 2.58 bits per heavy atom. The number of allylic oxidation sites excluding steroid dienone is 2. The van der Waals surface area contributed by atoms with E-state index in [1.807, 2.05) is 24.3 Å². The van der Waals surface area contributed by atoms with Gasteiger partial charge in [0.15, 0.2) is 0 Å². The minimum absolute atomic E-state index is 0.0337. The summed E-state index contributed by atoms with van der Waals surface area (Å²) in [7, 11) is 0. The molecule has 0 unspecified atom stereocenters. The zero-order valence-corrected chi connectivity index (χ0v) is 21.8. The van der Waals surface area contributed by atoms with Gasteiger partial charge in [0, 0.05) is 17.4 Å². The SMILES string of the molecule is CCCCC/C=C/c1cccc(C/C=C/[C@H](SC[C@H](N)C(=O)NCC(=O)O)[C@H](O)CCCC(=O)O)c1. The van der Waals surface area contributed by atoms with Gasteiger partial charge in [0.1, 0.15) is 6.54 Å². The predicted molar refractivity (Wildman–Crippen MR) is 145 cm³/mol. The smallest absolute Gasteiger partial charge is 0.322 e. The van der Waals surface area contributed by atoms with E-state index in [4.69, 9.17) is 15.9 Å². The summed E-state index contributed by atoms with van der Waals surface area (Å²) in [6, 6.07) is 7.29. The number of aliphatic hydroxyl groups excluding tert-OH is 1. The first-order chi connectivity index (χ1) is 17.2. The van der Waals surface area contributed by atoms with E-state index in [2.05, 4.69) is 36.5 Å². The lowest BCUT2D eigenvalue weighted by Gasteiger charge is -2.21. The standard InChI is InChI=1S/C27H40N2O6S/c1-2-3-4-5-6-10-20-11-7-12-21(17-20)13-8-15-24(23(30)14-9-16-25(31)32)36-19-22(28)27(35)29-18-26(33)34/h6-8,10-12,15,17,22-24,30H,2-5,9,13-14,16,18-19,28H2,1H3,(H,29,35)(H,31,32)(H,33,34)/b10-6+,15-8+/t22-,23+,24-/m0/s1. The van der Waals surface area contributed by atoms with Gasteiger partial charge in [-0.05, 0) is 43.2 Å². The summed E-state index contributed by atoms with van der Waals surface area (Å²) in [6.07, 6.45) is 13.3. The van der Waals surface area contributed by atoms with E-state index in [1.165, 1.54) is 31.0 Å². The van der Waals surface area contributed by atoms with Gasteiger partial charge >= 0.3 is 11.9 Å². The van der Waals surface area contributed by atoms with Crippen molar-refractivity contribution in [1.82, 2.24) is 5.32 Å². The van der Waals surface area contributed by atoms with Crippen molar-refractivity contribution in [2.45, 2.75) is 75.7 Å². The average Bonchev–Trinajstić information content (AvgIpc) is 2.84. The fraction of sp³-hybridized carbons (Fsp3) is 0.519. The maximum atomic E-state index is 12.0. The van der Waals surface area contributed by atoms with Crippen LogP contribution in [0.4, 0.5) is 0 Å². The number of carbonyl (C=O) groups is 3. The number of nitrogens with two attached hydrogens (primary N) is 1. The second-order valence-corrected chi connectivity index (χ2v) is 9.86. The van der Waals surface area contributed by atoms with Crippen LogP contribution in [-0.2, 0) is 20.8 Å². The van der Waals surface area contributed by atoms with E-state index in [-0.39, 0.29) is 12.2 Å². The largest absolute Gasteiger partial charge is 0.481 e. The lowest BCUT2D eigenvalue weighted by molar-refractivity contribution is -0.138. The lowest BCUT2D eigenvalue weighted by atomic mass is 10.1. The molecule has 0 fully saturated rings. The zero-order chi connectivity index (χ0) is 26.8. The van der Waals surface area contributed by atoms with Gasteiger partial charge in [0.05, 0.1) is 12.1 Å². The molecule has 1 aromatic rings. The van der Waals surface area contributed by atoms with Gasteiger partial charge < -0.3 is 26.4 Å². The lowest BCUT2D eigenvalue weighted by Crippen LogP contribution is -2.44. The number of hydrogen-bond acceptors (Lipinski definition) is 6. The van der Waals surface area contributed by atoms with E-state index < -0.39 is 41.8 Å². The van der Waals surface area contributed by atoms with Crippen LogP contribution in [0.1, 0.15) is 63.0 Å². The Hall–Kier alpha value is -2.62. The number of aliphatic hydroxyl groups is 1. The molecule has 0 radical (unpaired) electrons. The third-order valence-electron chi connectivity index (χ3n) is 5.40. The van der Waals surface area contributed by atoms with Crippen molar-refractivity contribution < 1.29 is 29.7 Å². The number of thioether (sulfide) groups is 1. The van der Waals surface area contributed by atoms with Gasteiger partial charge in [-0.3, -0.25) is 14.4 Å². The molecule has 0 heterocycles. The summed E-state index contributed by atoms with van der Waals surface area (Å²) in [5.74, 6) is -2.48. The van der Waals surface area contributed by atoms with Crippen molar-refractivity contribution in [2.24, 2.45) is 5.73 Å². The minimum Gasteiger partial charge on any atom is -0.481 e. The van der Waals surface area contributed by atoms with Crippen molar-refractivity contribution in [3.05, 3.63) is 53.6 Å². The molecule has 1 rings (SSSR count). The van der Waals surface area contributed by atoms with Crippen LogP contribution in [0.15, 0.2) is 42.5 Å². The molecule has 200 valence electrons. The number of rotatable bonds is 19. The molecule has 36 heavy (non-hydrogen) atoms. The van der Waals surface area contributed by atoms with Gasteiger partial charge in [-0.2, -0.15) is 0 Å². The van der Waals surface area contributed by atoms with Crippen molar-refractivity contribution in [3.8, 4) is 0 Å². The number of benzene rings is 1. The van der Waals surface area contributed by atoms with E-state index in [9.17, 15) is 19.5 Å². The van der Waals surface area contributed by atoms with Gasteiger partial charge in [-0.1, -0.05) is 68.3 Å². The quantitative estimate of drug-likeness (QED) is 0.137. The van der Waals surface area contributed by atoms with E-state index in [1.54, 1.807) is 0 Å². The molecule has 8 nitrogen and oxygen atoms in total. The van der Waals surface area contributed by atoms with Gasteiger partial charge in [-0.15, -0.1) is 11.8 Å². The molecule has 0 aliphatic rings. The maximum Gasteiger partial charge on any atom is 0.322 e. The Morgan fingerprint density at radius 1 is 1.11 bits per heavy atom. The number of hydrogen-bond donors (Lipinski definition) is 5. The van der Waals surface area contributed by atoms with Crippen molar-refractivity contribution >= 4 is 35.7 Å². The highest BCUT2D eigenvalue weighted by Gasteiger charge is 2.21. The van der Waals surface area contributed by atoms with Crippen LogP contribution in [0.3, 0.4) is 0 Å². The summed E-state index contributed by atoms with van der Waals surface area (Å²) in [6.45, 7) is 1.68. The zero-order valence-electron chi connectivity index (χ0n) is 21.0. The first kappa shape index (κ1) is 31.4. The maximum absolute atomic E-state index is 12.0. The Kier molecular flexibility index (Phi) is 16.2. The third-order valence-corrected chi connectivity index (χ3v) is 6.81. The molecule has 0 spiro atoms. The fourth-order valence-corrected chi connectivity index (χ4v) is 4.56. The molecule has 9 heteroatoms. The number of nitrogens with one attached hydrogen (secondary N) is 1. The van der Waals surface area contributed by atoms with Crippen LogP contribution >= 0.6 is 11.8 Å². The van der Waals surface area contributed by atoms with Crippen molar-refractivity contribution in [2.75, 3.05) is 12.3 Å². The van der Waals surface area contributed by atoms with E-state index in [0.717, 1.165) is 17.5 Å². The third kappa shape index (κ3) is 14.7. The summed E-state index contributed by atoms with van der Waals surface area (Å²) < 4.78 is 0. The van der Waals surface area contributed by atoms with Gasteiger partial charge in [0.25, 0.3) is 0 Å². The molecule has 0 aromatic heterocycles. The van der Waals surface area contributed by atoms with Crippen LogP contribution < -0.4 is 11.1 Å². The number of carbonyl (C=O) groups excluding carboxylic acids is 1. The molecule has 1 aromatic carbocycles. The van der Waals surface area contributed by atoms with Crippen molar-refractivity contribution in [1.29, 1.82) is 0 Å². The highest BCUT2D eigenvalue weighted by atomic mass is 32.2. The predicted octanol–water partition coefficient (Wildman–Crippen LogP) is 3.62. The minimum atomic E-state index is -1.16. The molecular weight excluding hydrogens is 480 g/mol. The molecule has 0 bridgehead atoms. The number of carboxylic acids is 2. The Bertz CT molecular complexity index is 874. The number of amides is 1. The van der Waals surface area contributed by atoms with Crippen LogP contribution in [0.2, 0.25) is 0 Å². The van der Waals surface area contributed by atoms with E-state index >= 15 is 0 Å². The van der Waals surface area contributed by atoms with E-state index in [0.29, 0.717) is 19.3 Å². The highest BCUT2D eigenvalue weighted by Crippen LogP contribution is 2.22. The van der Waals surface area contributed by atoms with Gasteiger partial charge in [0.2, 0.25) is 5.91 Å². The first-order valence-electron chi connectivity index (χ1n) is 12.4. The molecule has 1 amide bonds. The Balaban J connectivity index is 2.74. The molecule has 0 saturated heterocycles. The fourth-order valence-electron chi connectivity index (χ4n) is 3.40. The van der Waals surface area contributed by atoms with Crippen LogP contribution in [0, 0.1) is 0 Å². The molecule has 3 atom stereocenters. The molecule has 6 N–H and O–H groups in total. The van der Waals surface area contributed by atoms with Crippen molar-refractivity contribution in [3.63, 3.8) is 0 Å². The van der Waals surface area contributed by atoms with Crippen LogP contribution in [0.25, 0.3) is 6.08 Å². The van der Waals surface area contributed by atoms with Gasteiger partial charge in [-0.25, -0.2) is 0 Å². The highest BCUT2D eigenvalue weighted by molar-refractivity contribution is 8.00. The second kappa shape index (κ2) is 18.6. The molecule has 0 saturated carbocycles. The molecular formula is C27H40N2O6S. The van der Waals surface area contributed by atoms with Crippen LogP contribution in [-0.4, -0.2) is 62.9 Å². The number of carboxylic acid groups (broad SMARTS) is 2. The number of unbranched alkanes of at least 4 members (excludes halogenated alkanes) is 3. The monoisotopic (exact) mass is 520 g/mol. The Morgan fingerprint density at radius 2 is 1.89 bits per heavy atom. The topological polar surface area (TPSA) is 150 Å². The Labute approximate surface area is 218 Å². The molecule has 0 aliphatic heterocycles. The first-order valence-corrected chi connectivity index (χ1v) is 13.5. The summed E-state index contributed by atoms with van der Waals surface area (Å²) in [4.78, 5) is 33.4.